The maximum absolute atomic E-state index is 12.7. The third-order valence-electron chi connectivity index (χ3n) is 5.09. The third-order valence-corrected chi connectivity index (χ3v) is 6.99. The van der Waals surface area contributed by atoms with Gasteiger partial charge in [0.15, 0.2) is 6.10 Å². The van der Waals surface area contributed by atoms with E-state index in [0.29, 0.717) is 25.7 Å². The molecule has 2 unspecified atom stereocenters. The molecule has 0 radical (unpaired) electrons. The summed E-state index contributed by atoms with van der Waals surface area (Å²) >= 11 is 0. The van der Waals surface area contributed by atoms with Gasteiger partial charge in [0.1, 0.15) is 0 Å². The molecule has 0 saturated carbocycles. The van der Waals surface area contributed by atoms with Crippen LogP contribution < -0.4 is 4.72 Å². The Bertz CT molecular complexity index is 761. The van der Waals surface area contributed by atoms with E-state index in [2.05, 4.69) is 4.72 Å². The van der Waals surface area contributed by atoms with E-state index in [9.17, 15) is 21.6 Å². The van der Waals surface area contributed by atoms with Crippen molar-refractivity contribution in [2.24, 2.45) is 0 Å². The smallest absolute Gasteiger partial charge is 0.365 e. The van der Waals surface area contributed by atoms with Gasteiger partial charge in [0, 0.05) is 6.04 Å². The second kappa shape index (κ2) is 7.13. The standard InChI is InChI=1S/C18H24F3NO3S/c1-11(2)26(23,24)22-15-9-13-4-3-12(7-14(13)10-15)8-16-5-6-17(25-16)18(19,20)21/h3-4,7,11,15-17,22H,5-6,8-10H2,1-2H3/t15-,16?,17?/m0/s1. The Morgan fingerprint density at radius 1 is 1.19 bits per heavy atom. The lowest BCUT2D eigenvalue weighted by molar-refractivity contribution is -0.214. The molecule has 146 valence electrons. The zero-order valence-corrected chi connectivity index (χ0v) is 15.7. The fourth-order valence-corrected chi connectivity index (χ4v) is 4.51. The lowest BCUT2D eigenvalue weighted by Gasteiger charge is -2.16. The fourth-order valence-electron chi connectivity index (χ4n) is 3.61. The molecule has 1 aliphatic carbocycles. The van der Waals surface area contributed by atoms with Crippen molar-refractivity contribution in [2.45, 2.75) is 75.6 Å². The molecular weight excluding hydrogens is 367 g/mol. The first-order chi connectivity index (χ1) is 12.0. The van der Waals surface area contributed by atoms with Crippen LogP contribution in [0.15, 0.2) is 18.2 Å². The van der Waals surface area contributed by atoms with Gasteiger partial charge < -0.3 is 4.74 Å². The predicted molar refractivity (Wildman–Crippen MR) is 92.5 cm³/mol. The first-order valence-electron chi connectivity index (χ1n) is 8.88. The van der Waals surface area contributed by atoms with Crippen molar-refractivity contribution in [1.29, 1.82) is 0 Å². The average molecular weight is 391 g/mol. The molecule has 8 heteroatoms. The van der Waals surface area contributed by atoms with Crippen molar-refractivity contribution >= 4 is 10.0 Å². The normalized spacial score (nSPS) is 26.5. The molecule has 3 rings (SSSR count). The van der Waals surface area contributed by atoms with Gasteiger partial charge in [0.2, 0.25) is 10.0 Å². The van der Waals surface area contributed by atoms with E-state index in [-0.39, 0.29) is 12.5 Å². The van der Waals surface area contributed by atoms with Gasteiger partial charge in [-0.1, -0.05) is 18.2 Å². The maximum Gasteiger partial charge on any atom is 0.414 e. The summed E-state index contributed by atoms with van der Waals surface area (Å²) < 4.78 is 70.1. The number of sulfonamides is 1. The Labute approximate surface area is 152 Å². The van der Waals surface area contributed by atoms with Crippen LogP contribution in [0.3, 0.4) is 0 Å². The highest BCUT2D eigenvalue weighted by molar-refractivity contribution is 7.90. The van der Waals surface area contributed by atoms with Crippen LogP contribution in [0, 0.1) is 0 Å². The summed E-state index contributed by atoms with van der Waals surface area (Å²) in [4.78, 5) is 0. The predicted octanol–water partition coefficient (Wildman–Crippen LogP) is 3.13. The van der Waals surface area contributed by atoms with Gasteiger partial charge in [-0.2, -0.15) is 13.2 Å². The van der Waals surface area contributed by atoms with E-state index in [1.54, 1.807) is 13.8 Å². The second-order valence-corrected chi connectivity index (χ2v) is 9.76. The van der Waals surface area contributed by atoms with Gasteiger partial charge in [-0.05, 0) is 62.6 Å². The highest BCUT2D eigenvalue weighted by Crippen LogP contribution is 2.34. The molecule has 1 saturated heterocycles. The molecule has 0 aromatic heterocycles. The molecule has 0 spiro atoms. The monoisotopic (exact) mass is 391 g/mol. The van der Waals surface area contributed by atoms with E-state index in [0.717, 1.165) is 16.7 Å². The summed E-state index contributed by atoms with van der Waals surface area (Å²) in [5.74, 6) is 0. The van der Waals surface area contributed by atoms with Gasteiger partial charge >= 0.3 is 6.18 Å². The van der Waals surface area contributed by atoms with Crippen molar-refractivity contribution in [3.05, 3.63) is 34.9 Å². The maximum atomic E-state index is 12.7. The van der Waals surface area contributed by atoms with Crippen LogP contribution in [-0.2, 0) is 34.0 Å². The number of rotatable bonds is 5. The van der Waals surface area contributed by atoms with Crippen LogP contribution in [-0.4, -0.2) is 38.1 Å². The number of halogens is 3. The summed E-state index contributed by atoms with van der Waals surface area (Å²) in [7, 11) is -3.32. The van der Waals surface area contributed by atoms with Crippen LogP contribution in [0.25, 0.3) is 0 Å². The van der Waals surface area contributed by atoms with Gasteiger partial charge in [0.05, 0.1) is 11.4 Å². The first kappa shape index (κ1) is 19.6. The van der Waals surface area contributed by atoms with Crippen LogP contribution in [0.5, 0.6) is 0 Å². The van der Waals surface area contributed by atoms with Gasteiger partial charge in [-0.3, -0.25) is 0 Å². The molecular formula is C18H24F3NO3S. The van der Waals surface area contributed by atoms with E-state index < -0.39 is 33.7 Å². The Kier molecular flexibility index (Phi) is 5.38. The van der Waals surface area contributed by atoms with Crippen molar-refractivity contribution in [3.8, 4) is 0 Å². The lowest BCUT2D eigenvalue weighted by Crippen LogP contribution is -2.39. The SMILES string of the molecule is CC(C)S(=O)(=O)N[C@H]1Cc2ccc(CC3CCC(C(F)(F)F)O3)cc2C1. The molecule has 2 aliphatic rings. The molecule has 1 fully saturated rings. The van der Waals surface area contributed by atoms with Gasteiger partial charge in [-0.25, -0.2) is 13.1 Å². The number of alkyl halides is 3. The molecule has 1 N–H and O–H groups in total. The number of fused-ring (bicyclic) bond motifs is 1. The highest BCUT2D eigenvalue weighted by Gasteiger charge is 2.45. The molecule has 1 aromatic rings. The number of hydrogen-bond acceptors (Lipinski definition) is 3. The van der Waals surface area contributed by atoms with Gasteiger partial charge in [0.25, 0.3) is 0 Å². The molecule has 4 nitrogen and oxygen atoms in total. The minimum absolute atomic E-state index is 0.0121. The molecule has 1 aliphatic heterocycles. The minimum Gasteiger partial charge on any atom is -0.365 e. The minimum atomic E-state index is -4.30. The first-order valence-corrected chi connectivity index (χ1v) is 10.4. The number of benzene rings is 1. The van der Waals surface area contributed by atoms with E-state index >= 15 is 0 Å². The Morgan fingerprint density at radius 2 is 1.88 bits per heavy atom. The second-order valence-electron chi connectivity index (χ2n) is 7.49. The van der Waals surface area contributed by atoms with E-state index in [4.69, 9.17) is 4.74 Å². The lowest BCUT2D eigenvalue weighted by atomic mass is 10.0. The molecule has 0 amide bonds. The molecule has 0 bridgehead atoms. The van der Waals surface area contributed by atoms with Crippen molar-refractivity contribution in [3.63, 3.8) is 0 Å². The Morgan fingerprint density at radius 3 is 2.50 bits per heavy atom. The van der Waals surface area contributed by atoms with Gasteiger partial charge in [-0.15, -0.1) is 0 Å². The molecule has 1 heterocycles. The zero-order valence-electron chi connectivity index (χ0n) is 14.8. The van der Waals surface area contributed by atoms with Crippen LogP contribution in [0.2, 0.25) is 0 Å². The quantitative estimate of drug-likeness (QED) is 0.839. The molecule has 1 aromatic carbocycles. The number of nitrogens with one attached hydrogen (secondary N) is 1. The summed E-state index contributed by atoms with van der Waals surface area (Å²) in [5, 5.41) is -0.483. The third kappa shape index (κ3) is 4.40. The summed E-state index contributed by atoms with van der Waals surface area (Å²) in [5.41, 5.74) is 3.08. The molecule has 3 atom stereocenters. The average Bonchev–Trinajstić information content (AvgIpc) is 3.12. The highest BCUT2D eigenvalue weighted by atomic mass is 32.2. The molecule has 26 heavy (non-hydrogen) atoms. The summed E-state index contributed by atoms with van der Waals surface area (Å²) in [6, 6.07) is 5.67. The van der Waals surface area contributed by atoms with Crippen molar-refractivity contribution < 1.29 is 26.3 Å². The van der Waals surface area contributed by atoms with Crippen LogP contribution in [0.1, 0.15) is 43.4 Å². The zero-order chi connectivity index (χ0) is 19.1. The Balaban J connectivity index is 1.61. The van der Waals surface area contributed by atoms with E-state index in [1.807, 2.05) is 18.2 Å². The number of hydrogen-bond donors (Lipinski definition) is 1. The van der Waals surface area contributed by atoms with Crippen LogP contribution >= 0.6 is 0 Å². The van der Waals surface area contributed by atoms with Crippen molar-refractivity contribution in [1.82, 2.24) is 4.72 Å². The summed E-state index contributed by atoms with van der Waals surface area (Å²) in [6.07, 6.45) is -4.27. The summed E-state index contributed by atoms with van der Waals surface area (Å²) in [6.45, 7) is 3.27. The number of ether oxygens (including phenoxy) is 1. The van der Waals surface area contributed by atoms with Crippen LogP contribution in [0.4, 0.5) is 13.2 Å². The Hall–Kier alpha value is -1.12. The van der Waals surface area contributed by atoms with Crippen molar-refractivity contribution in [2.75, 3.05) is 0 Å². The topological polar surface area (TPSA) is 55.4 Å². The van der Waals surface area contributed by atoms with E-state index in [1.165, 1.54) is 0 Å². The fraction of sp³-hybridized carbons (Fsp3) is 0.667. The largest absolute Gasteiger partial charge is 0.414 e.